The molecule has 0 heterocycles. The van der Waals surface area contributed by atoms with Crippen molar-refractivity contribution in [3.63, 3.8) is 0 Å². The zero-order valence-corrected chi connectivity index (χ0v) is 23.8. The van der Waals surface area contributed by atoms with Gasteiger partial charge in [-0.25, -0.2) is 0 Å². The third-order valence-corrected chi connectivity index (χ3v) is 7.46. The molecule has 0 spiro atoms. The van der Waals surface area contributed by atoms with E-state index in [9.17, 15) is 0 Å². The summed E-state index contributed by atoms with van der Waals surface area (Å²) in [5.74, 6) is 3.49. The normalized spacial score (nSPS) is 14.4. The van der Waals surface area contributed by atoms with E-state index in [-0.39, 0.29) is 6.79 Å². The van der Waals surface area contributed by atoms with E-state index >= 15 is 0 Å². The van der Waals surface area contributed by atoms with E-state index in [0.717, 1.165) is 29.7 Å². The molecule has 1 aliphatic rings. The summed E-state index contributed by atoms with van der Waals surface area (Å²) in [5.41, 5.74) is 8.59. The van der Waals surface area contributed by atoms with Gasteiger partial charge >= 0.3 is 0 Å². The standard InChI is InChI=1S/C32H42O5/c1-11-12-28(20(2)15-26-29(34-9)16-24(33-8)17-30(26)35-10)36-19-37-31-22(4)21(3)27-18-32(6,7)14-13-25(27)23(31)5/h11-12,16-17H,1-2,13-15,18-19H2,3-10H3/b28-12-. The molecular formula is C32H42O5. The number of allylic oxidation sites excluding steroid dienone is 3. The number of fused-ring (bicyclic) bond motifs is 1. The number of hydrogen-bond donors (Lipinski definition) is 0. The summed E-state index contributed by atoms with van der Waals surface area (Å²) in [5, 5.41) is 0. The lowest BCUT2D eigenvalue weighted by Crippen LogP contribution is -2.24. The Labute approximate surface area is 222 Å². The van der Waals surface area contributed by atoms with Gasteiger partial charge in [-0.2, -0.15) is 0 Å². The van der Waals surface area contributed by atoms with Crippen molar-refractivity contribution in [1.82, 2.24) is 0 Å². The molecule has 200 valence electrons. The Kier molecular flexibility index (Phi) is 9.01. The van der Waals surface area contributed by atoms with Crippen molar-refractivity contribution in [2.45, 2.75) is 60.3 Å². The van der Waals surface area contributed by atoms with Crippen LogP contribution in [0.3, 0.4) is 0 Å². The smallest absolute Gasteiger partial charge is 0.230 e. The Morgan fingerprint density at radius 1 is 0.946 bits per heavy atom. The molecule has 3 rings (SSSR count). The van der Waals surface area contributed by atoms with Crippen LogP contribution in [0.2, 0.25) is 0 Å². The molecule has 2 aromatic rings. The molecule has 0 N–H and O–H groups in total. The number of rotatable bonds is 11. The summed E-state index contributed by atoms with van der Waals surface area (Å²) in [6, 6.07) is 3.66. The van der Waals surface area contributed by atoms with Crippen molar-refractivity contribution < 1.29 is 23.7 Å². The van der Waals surface area contributed by atoms with Gasteiger partial charge in [-0.05, 0) is 84.9 Å². The van der Waals surface area contributed by atoms with Gasteiger partial charge in [0, 0.05) is 24.1 Å². The number of hydrogen-bond acceptors (Lipinski definition) is 5. The summed E-state index contributed by atoms with van der Waals surface area (Å²) in [4.78, 5) is 0. The second-order valence-corrected chi connectivity index (χ2v) is 10.5. The SMILES string of the molecule is C=C/C=C(\OCOc1c(C)c(C)c2c(c1C)CCC(C)(C)C2)C(=C)Cc1c(OC)cc(OC)cc1OC. The first-order chi connectivity index (χ1) is 17.6. The van der Waals surface area contributed by atoms with Crippen LogP contribution in [-0.2, 0) is 24.0 Å². The van der Waals surface area contributed by atoms with Gasteiger partial charge in [-0.15, -0.1) is 0 Å². The summed E-state index contributed by atoms with van der Waals surface area (Å²) >= 11 is 0. The van der Waals surface area contributed by atoms with Crippen LogP contribution in [0.15, 0.2) is 48.8 Å². The monoisotopic (exact) mass is 506 g/mol. The van der Waals surface area contributed by atoms with Crippen LogP contribution in [0.4, 0.5) is 0 Å². The number of benzene rings is 2. The van der Waals surface area contributed by atoms with E-state index in [1.54, 1.807) is 33.5 Å². The molecule has 0 radical (unpaired) electrons. The first-order valence-corrected chi connectivity index (χ1v) is 12.7. The van der Waals surface area contributed by atoms with Gasteiger partial charge < -0.3 is 23.7 Å². The van der Waals surface area contributed by atoms with E-state index in [2.05, 4.69) is 47.8 Å². The van der Waals surface area contributed by atoms with Crippen LogP contribution >= 0.6 is 0 Å². The molecule has 5 heteroatoms. The lowest BCUT2D eigenvalue weighted by molar-refractivity contribution is 0.0634. The highest BCUT2D eigenvalue weighted by molar-refractivity contribution is 5.56. The fourth-order valence-electron chi connectivity index (χ4n) is 5.17. The maximum Gasteiger partial charge on any atom is 0.230 e. The molecule has 0 saturated carbocycles. The topological polar surface area (TPSA) is 46.2 Å². The van der Waals surface area contributed by atoms with E-state index in [1.165, 1.54) is 34.2 Å². The summed E-state index contributed by atoms with van der Waals surface area (Å²) in [6.07, 6.45) is 7.32. The van der Waals surface area contributed by atoms with Crippen LogP contribution in [0, 0.1) is 26.2 Å². The third kappa shape index (κ3) is 6.15. The average molecular weight is 507 g/mol. The van der Waals surface area contributed by atoms with Gasteiger partial charge in [0.15, 0.2) is 0 Å². The van der Waals surface area contributed by atoms with Crippen LogP contribution in [-0.4, -0.2) is 28.1 Å². The number of methoxy groups -OCH3 is 3. The molecule has 2 aromatic carbocycles. The summed E-state index contributed by atoms with van der Waals surface area (Å²) < 4.78 is 28.9. The molecule has 0 saturated heterocycles. The maximum absolute atomic E-state index is 6.26. The first kappa shape index (κ1) is 28.2. The quantitative estimate of drug-likeness (QED) is 0.181. The van der Waals surface area contributed by atoms with Crippen molar-refractivity contribution in [1.29, 1.82) is 0 Å². The van der Waals surface area contributed by atoms with Crippen LogP contribution in [0.1, 0.15) is 53.6 Å². The Morgan fingerprint density at radius 2 is 1.59 bits per heavy atom. The van der Waals surface area contributed by atoms with Crippen molar-refractivity contribution in [2.75, 3.05) is 28.1 Å². The van der Waals surface area contributed by atoms with E-state index in [1.807, 2.05) is 12.1 Å². The van der Waals surface area contributed by atoms with Gasteiger partial charge in [-0.3, -0.25) is 0 Å². The minimum Gasteiger partial charge on any atom is -0.496 e. The molecule has 0 amide bonds. The molecule has 0 fully saturated rings. The molecule has 0 aliphatic heterocycles. The molecule has 0 aromatic heterocycles. The molecular weight excluding hydrogens is 464 g/mol. The zero-order valence-electron chi connectivity index (χ0n) is 23.8. The van der Waals surface area contributed by atoms with Gasteiger partial charge in [0.2, 0.25) is 6.79 Å². The molecule has 37 heavy (non-hydrogen) atoms. The average Bonchev–Trinajstić information content (AvgIpc) is 2.87. The summed E-state index contributed by atoms with van der Waals surface area (Å²) in [7, 11) is 4.86. The third-order valence-electron chi connectivity index (χ3n) is 7.46. The lowest BCUT2D eigenvalue weighted by Gasteiger charge is -2.34. The second-order valence-electron chi connectivity index (χ2n) is 10.5. The minimum atomic E-state index is 0.0704. The highest BCUT2D eigenvalue weighted by atomic mass is 16.7. The van der Waals surface area contributed by atoms with Crippen LogP contribution in [0.5, 0.6) is 23.0 Å². The van der Waals surface area contributed by atoms with Crippen LogP contribution in [0.25, 0.3) is 0 Å². The van der Waals surface area contributed by atoms with E-state index in [4.69, 9.17) is 23.7 Å². The van der Waals surface area contributed by atoms with Gasteiger partial charge in [0.25, 0.3) is 0 Å². The Bertz CT molecular complexity index is 1180. The molecule has 0 bridgehead atoms. The molecule has 0 unspecified atom stereocenters. The van der Waals surface area contributed by atoms with Gasteiger partial charge in [0.05, 0.1) is 21.3 Å². The largest absolute Gasteiger partial charge is 0.496 e. The van der Waals surface area contributed by atoms with Crippen LogP contribution < -0.4 is 18.9 Å². The molecule has 0 atom stereocenters. The van der Waals surface area contributed by atoms with Gasteiger partial charge in [-0.1, -0.05) is 33.1 Å². The Morgan fingerprint density at radius 3 is 2.16 bits per heavy atom. The fourth-order valence-corrected chi connectivity index (χ4v) is 5.17. The zero-order chi connectivity index (χ0) is 27.3. The van der Waals surface area contributed by atoms with E-state index < -0.39 is 0 Å². The van der Waals surface area contributed by atoms with Gasteiger partial charge in [0.1, 0.15) is 28.8 Å². The predicted octanol–water partition coefficient (Wildman–Crippen LogP) is 7.37. The van der Waals surface area contributed by atoms with Crippen molar-refractivity contribution >= 4 is 0 Å². The second kappa shape index (κ2) is 11.8. The fraction of sp³-hybridized carbons (Fsp3) is 0.438. The molecule has 5 nitrogen and oxygen atoms in total. The lowest BCUT2D eigenvalue weighted by atomic mass is 9.71. The maximum atomic E-state index is 6.26. The Hall–Kier alpha value is -3.34. The minimum absolute atomic E-state index is 0.0704. The Balaban J connectivity index is 1.78. The molecule has 1 aliphatic carbocycles. The van der Waals surface area contributed by atoms with Crippen molar-refractivity contribution in [3.8, 4) is 23.0 Å². The first-order valence-electron chi connectivity index (χ1n) is 12.7. The number of ether oxygens (including phenoxy) is 5. The highest BCUT2D eigenvalue weighted by Crippen LogP contribution is 2.42. The van der Waals surface area contributed by atoms with Crippen molar-refractivity contribution in [3.05, 3.63) is 82.2 Å². The predicted molar refractivity (Wildman–Crippen MR) is 150 cm³/mol. The summed E-state index contributed by atoms with van der Waals surface area (Å²) in [6.45, 7) is 19.4. The van der Waals surface area contributed by atoms with Crippen molar-refractivity contribution in [2.24, 2.45) is 5.41 Å². The highest BCUT2D eigenvalue weighted by Gasteiger charge is 2.29. The van der Waals surface area contributed by atoms with E-state index in [0.29, 0.717) is 34.8 Å².